The van der Waals surface area contributed by atoms with Crippen LogP contribution in [0.5, 0.6) is 5.75 Å². The number of rotatable bonds is 4. The van der Waals surface area contributed by atoms with Crippen molar-refractivity contribution in [3.63, 3.8) is 0 Å². The fraction of sp³-hybridized carbons (Fsp3) is 0.0833. The van der Waals surface area contributed by atoms with Gasteiger partial charge in [-0.1, -0.05) is 6.58 Å². The molecule has 0 heterocycles. The summed E-state index contributed by atoms with van der Waals surface area (Å²) in [6.07, 6.45) is 0.797. The molecule has 6 nitrogen and oxygen atoms in total. The molecular weight excluding hydrogens is 240 g/mol. The summed E-state index contributed by atoms with van der Waals surface area (Å²) in [4.78, 5) is 41.3. The zero-order valence-electron chi connectivity index (χ0n) is 9.54. The Hall–Kier alpha value is -2.63. The van der Waals surface area contributed by atoms with Gasteiger partial charge in [0, 0.05) is 11.6 Å². The quantitative estimate of drug-likeness (QED) is 0.261. The number of carbonyl (C=O) groups excluding carboxylic acids is 3. The number of ether oxygens (including phenoxy) is 1. The maximum absolute atomic E-state index is 11.5. The van der Waals surface area contributed by atoms with Crippen LogP contribution in [0.2, 0.25) is 0 Å². The molecule has 1 rings (SSSR count). The summed E-state index contributed by atoms with van der Waals surface area (Å²) in [7, 11) is 1.47. The van der Waals surface area contributed by atoms with E-state index in [4.69, 9.17) is 4.74 Å². The summed E-state index contributed by atoms with van der Waals surface area (Å²) >= 11 is 0. The second-order valence-electron chi connectivity index (χ2n) is 3.03. The summed E-state index contributed by atoms with van der Waals surface area (Å²) in [6, 6.07) is 5.79. The van der Waals surface area contributed by atoms with Crippen LogP contribution in [0.3, 0.4) is 0 Å². The molecule has 0 aliphatic heterocycles. The molecule has 0 N–H and O–H groups in total. The van der Waals surface area contributed by atoms with Gasteiger partial charge in [-0.3, -0.25) is 4.79 Å². The van der Waals surface area contributed by atoms with Crippen LogP contribution in [0.15, 0.2) is 36.9 Å². The highest BCUT2D eigenvalue weighted by Gasteiger charge is 2.20. The van der Waals surface area contributed by atoms with Crippen LogP contribution in [-0.4, -0.2) is 24.8 Å². The van der Waals surface area contributed by atoms with E-state index >= 15 is 0 Å². The van der Waals surface area contributed by atoms with Crippen molar-refractivity contribution in [3.8, 4) is 5.75 Å². The molecule has 0 saturated carbocycles. The van der Waals surface area contributed by atoms with Crippen LogP contribution < -0.4 is 4.74 Å². The maximum Gasteiger partial charge on any atom is 0.426 e. The van der Waals surface area contributed by atoms with Crippen molar-refractivity contribution in [1.82, 2.24) is 0 Å². The summed E-state index contributed by atoms with van der Waals surface area (Å²) in [5.74, 6) is -2.66. The molecule has 1 aromatic carbocycles. The number of hydrogen-bond acceptors (Lipinski definition) is 6. The number of benzene rings is 1. The van der Waals surface area contributed by atoms with Gasteiger partial charge in [0.05, 0.1) is 7.11 Å². The first-order valence-corrected chi connectivity index (χ1v) is 4.82. The number of ketones is 1. The molecule has 0 bridgehead atoms. The number of Topliss-reactive ketones (excluding diaryl/α,β-unsaturated/α-hetero) is 1. The van der Waals surface area contributed by atoms with Gasteiger partial charge in [0.25, 0.3) is 5.78 Å². The summed E-state index contributed by atoms with van der Waals surface area (Å²) in [6.45, 7) is 3.10. The summed E-state index contributed by atoms with van der Waals surface area (Å²) < 4.78 is 4.90. The minimum atomic E-state index is -1.30. The monoisotopic (exact) mass is 250 g/mol. The normalized spacial score (nSPS) is 9.17. The molecule has 0 aliphatic carbocycles. The van der Waals surface area contributed by atoms with Gasteiger partial charge in [0.2, 0.25) is 0 Å². The van der Waals surface area contributed by atoms with Crippen molar-refractivity contribution < 1.29 is 28.9 Å². The standard InChI is InChI=1S/C12H10O6/c1-3-10(13)17-18-12(15)11(14)8-4-6-9(16-2)7-5-8/h3-7H,1H2,2H3. The highest BCUT2D eigenvalue weighted by molar-refractivity contribution is 6.40. The van der Waals surface area contributed by atoms with E-state index in [9.17, 15) is 14.4 Å². The van der Waals surface area contributed by atoms with Gasteiger partial charge in [-0.2, -0.15) is 0 Å². The predicted molar refractivity (Wildman–Crippen MR) is 59.7 cm³/mol. The number of methoxy groups -OCH3 is 1. The van der Waals surface area contributed by atoms with E-state index in [1.54, 1.807) is 0 Å². The van der Waals surface area contributed by atoms with Crippen LogP contribution in [-0.2, 0) is 19.4 Å². The SMILES string of the molecule is C=CC(=O)OOC(=O)C(=O)c1ccc(OC)cc1. The van der Waals surface area contributed by atoms with E-state index in [0.717, 1.165) is 6.08 Å². The Bertz CT molecular complexity index is 474. The smallest absolute Gasteiger partial charge is 0.426 e. The van der Waals surface area contributed by atoms with Gasteiger partial charge in [0.15, 0.2) is 0 Å². The second kappa shape index (κ2) is 6.19. The van der Waals surface area contributed by atoms with Crippen molar-refractivity contribution in [2.45, 2.75) is 0 Å². The zero-order valence-corrected chi connectivity index (χ0v) is 9.54. The zero-order chi connectivity index (χ0) is 13.5. The van der Waals surface area contributed by atoms with Crippen LogP contribution in [0.1, 0.15) is 10.4 Å². The van der Waals surface area contributed by atoms with Gasteiger partial charge in [0.1, 0.15) is 5.75 Å². The van der Waals surface area contributed by atoms with Crippen molar-refractivity contribution in [2.75, 3.05) is 7.11 Å². The molecule has 0 spiro atoms. The summed E-state index contributed by atoms with van der Waals surface area (Å²) in [5, 5.41) is 0. The lowest BCUT2D eigenvalue weighted by molar-refractivity contribution is -0.249. The third-order valence-corrected chi connectivity index (χ3v) is 1.90. The molecule has 18 heavy (non-hydrogen) atoms. The van der Waals surface area contributed by atoms with Crippen molar-refractivity contribution in [1.29, 1.82) is 0 Å². The Kier molecular flexibility index (Phi) is 4.62. The van der Waals surface area contributed by atoms with Gasteiger partial charge in [-0.05, 0) is 24.3 Å². The van der Waals surface area contributed by atoms with Gasteiger partial charge in [-0.25, -0.2) is 19.4 Å². The van der Waals surface area contributed by atoms with E-state index < -0.39 is 17.7 Å². The highest BCUT2D eigenvalue weighted by Crippen LogP contribution is 2.12. The fourth-order valence-corrected chi connectivity index (χ4v) is 1.01. The first kappa shape index (κ1) is 13.4. The van der Waals surface area contributed by atoms with Gasteiger partial charge >= 0.3 is 11.9 Å². The molecule has 0 radical (unpaired) electrons. The molecule has 6 heteroatoms. The lowest BCUT2D eigenvalue weighted by atomic mass is 10.1. The fourth-order valence-electron chi connectivity index (χ4n) is 1.01. The molecule has 0 amide bonds. The first-order valence-electron chi connectivity index (χ1n) is 4.82. The van der Waals surface area contributed by atoms with E-state index in [0.29, 0.717) is 5.75 Å². The van der Waals surface area contributed by atoms with Crippen LogP contribution in [0.25, 0.3) is 0 Å². The molecule has 0 atom stereocenters. The van der Waals surface area contributed by atoms with Crippen LogP contribution in [0.4, 0.5) is 0 Å². The molecule has 1 aromatic rings. The van der Waals surface area contributed by atoms with Crippen LogP contribution >= 0.6 is 0 Å². The molecule has 94 valence electrons. The second-order valence-corrected chi connectivity index (χ2v) is 3.03. The Labute approximate surface area is 103 Å². The third kappa shape index (κ3) is 3.44. The van der Waals surface area contributed by atoms with Crippen molar-refractivity contribution in [2.24, 2.45) is 0 Å². The minimum absolute atomic E-state index is 0.0930. The lowest BCUT2D eigenvalue weighted by Crippen LogP contribution is -2.19. The first-order chi connectivity index (χ1) is 8.58. The number of hydrogen-bond donors (Lipinski definition) is 0. The molecule has 0 saturated heterocycles. The predicted octanol–water partition coefficient (Wildman–Crippen LogP) is 1.07. The topological polar surface area (TPSA) is 78.9 Å². The van der Waals surface area contributed by atoms with Gasteiger partial charge < -0.3 is 4.74 Å². The molecule has 0 aromatic heterocycles. The van der Waals surface area contributed by atoms with E-state index in [-0.39, 0.29) is 5.56 Å². The lowest BCUT2D eigenvalue weighted by Gasteiger charge is -2.02. The molecule has 0 aliphatic rings. The Morgan fingerprint density at radius 3 is 2.22 bits per heavy atom. The maximum atomic E-state index is 11.5. The highest BCUT2D eigenvalue weighted by atomic mass is 17.2. The molecule has 0 fully saturated rings. The van der Waals surface area contributed by atoms with Crippen molar-refractivity contribution in [3.05, 3.63) is 42.5 Å². The van der Waals surface area contributed by atoms with E-state index in [2.05, 4.69) is 16.4 Å². The van der Waals surface area contributed by atoms with Gasteiger partial charge in [-0.15, -0.1) is 0 Å². The minimum Gasteiger partial charge on any atom is -0.497 e. The largest absolute Gasteiger partial charge is 0.497 e. The Balaban J connectivity index is 2.65. The van der Waals surface area contributed by atoms with E-state index in [1.807, 2.05) is 0 Å². The average molecular weight is 250 g/mol. The average Bonchev–Trinajstić information content (AvgIpc) is 2.43. The Morgan fingerprint density at radius 2 is 1.72 bits per heavy atom. The van der Waals surface area contributed by atoms with Crippen molar-refractivity contribution >= 4 is 17.7 Å². The molecular formula is C12H10O6. The molecule has 0 unspecified atom stereocenters. The summed E-state index contributed by atoms with van der Waals surface area (Å²) in [5.41, 5.74) is 0.0930. The Morgan fingerprint density at radius 1 is 1.11 bits per heavy atom. The van der Waals surface area contributed by atoms with Crippen LogP contribution in [0, 0.1) is 0 Å². The van der Waals surface area contributed by atoms with E-state index in [1.165, 1.54) is 31.4 Å². The number of carbonyl (C=O) groups is 3. The third-order valence-electron chi connectivity index (χ3n) is 1.90.